The number of unbranched alkanes of at least 4 members (excludes halogenated alkanes) is 1. The normalized spacial score (nSPS) is 14.3. The number of hydrogen-bond acceptors (Lipinski definition) is 4. The van der Waals surface area contributed by atoms with Crippen LogP contribution in [0.1, 0.15) is 45.1 Å². The van der Waals surface area contributed by atoms with Gasteiger partial charge in [0.05, 0.1) is 0 Å². The monoisotopic (exact) mass is 406 g/mol. The van der Waals surface area contributed by atoms with Gasteiger partial charge in [0.25, 0.3) is 10.1 Å². The lowest BCUT2D eigenvalue weighted by atomic mass is 10.1. The van der Waals surface area contributed by atoms with Gasteiger partial charge in [-0.3, -0.25) is 9.12 Å². The average Bonchev–Trinajstić information content (AvgIpc) is 2.51. The van der Waals surface area contributed by atoms with Crippen molar-refractivity contribution in [1.82, 2.24) is 0 Å². The molecule has 1 aromatic rings. The predicted octanol–water partition coefficient (Wildman–Crippen LogP) is 3.53. The molecule has 0 bridgehead atoms. The van der Waals surface area contributed by atoms with Crippen molar-refractivity contribution in [3.8, 4) is 5.75 Å². The van der Waals surface area contributed by atoms with Gasteiger partial charge in [-0.1, -0.05) is 31.6 Å². The second-order valence-corrected chi connectivity index (χ2v) is 9.98. The van der Waals surface area contributed by atoms with Gasteiger partial charge in [-0.05, 0) is 55.9 Å². The first-order valence-corrected chi connectivity index (χ1v) is 11.6. The van der Waals surface area contributed by atoms with Crippen LogP contribution in [0.5, 0.6) is 5.75 Å². The highest BCUT2D eigenvalue weighted by Gasteiger charge is 2.38. The third kappa shape index (κ3) is 8.47. The van der Waals surface area contributed by atoms with E-state index in [9.17, 15) is 13.0 Å². The molecular weight excluding hydrogens is 379 g/mol. The van der Waals surface area contributed by atoms with Gasteiger partial charge in [0, 0.05) is 0 Å². The molecule has 7 nitrogen and oxygen atoms in total. The summed E-state index contributed by atoms with van der Waals surface area (Å²) in [5, 5.41) is 0. The molecule has 0 aliphatic carbocycles. The fourth-order valence-corrected chi connectivity index (χ4v) is 4.84. The molecule has 0 saturated carbocycles. The molecule has 1 unspecified atom stereocenters. The van der Waals surface area contributed by atoms with Gasteiger partial charge in [-0.2, -0.15) is 8.42 Å². The minimum atomic E-state index is -4.91. The summed E-state index contributed by atoms with van der Waals surface area (Å²) in [6.07, 6.45) is 4.21. The molecule has 0 spiro atoms. The molecule has 3 N–H and O–H groups in total. The molecule has 0 aromatic heterocycles. The number of rotatable bonds is 11. The van der Waals surface area contributed by atoms with Crippen molar-refractivity contribution < 1.29 is 32.1 Å². The Morgan fingerprint density at radius 3 is 2.62 bits per heavy atom. The number of aryl methyl sites for hydroxylation is 1. The van der Waals surface area contributed by atoms with Crippen LogP contribution in [0.3, 0.4) is 0 Å². The maximum atomic E-state index is 11.2. The molecule has 1 atom stereocenters. The van der Waals surface area contributed by atoms with Gasteiger partial charge in [0.15, 0.2) is 4.99 Å². The standard InChI is InChI=1S/C17H27O7PS/c1-3-7-15-9-6-10-16(12-15)24-13-14(2)8-4-5-11-17(25(18,19)20)26(21,22)23/h6,8-10,12,17H,3-5,7,11,13H2,1-2H3,(H2,18,19,20)(H,21,22,23)/b14-8+. The van der Waals surface area contributed by atoms with Crippen LogP contribution < -0.4 is 4.74 Å². The van der Waals surface area contributed by atoms with Gasteiger partial charge in [0.2, 0.25) is 0 Å². The zero-order valence-corrected chi connectivity index (χ0v) is 16.7. The van der Waals surface area contributed by atoms with Crippen molar-refractivity contribution in [2.45, 2.75) is 50.9 Å². The second-order valence-electron chi connectivity index (χ2n) is 6.23. The second kappa shape index (κ2) is 10.2. The van der Waals surface area contributed by atoms with E-state index in [1.54, 1.807) is 0 Å². The first-order chi connectivity index (χ1) is 12.0. The Labute approximate surface area is 155 Å². The van der Waals surface area contributed by atoms with Crippen LogP contribution in [-0.2, 0) is 21.1 Å². The summed E-state index contributed by atoms with van der Waals surface area (Å²) in [4.78, 5) is 16.0. The van der Waals surface area contributed by atoms with Gasteiger partial charge in [-0.15, -0.1) is 0 Å². The fraction of sp³-hybridized carbons (Fsp3) is 0.529. The first kappa shape index (κ1) is 22.9. The lowest BCUT2D eigenvalue weighted by molar-refractivity contribution is 0.350. The lowest BCUT2D eigenvalue weighted by Crippen LogP contribution is -2.20. The van der Waals surface area contributed by atoms with Crippen molar-refractivity contribution in [3.05, 3.63) is 41.5 Å². The number of benzene rings is 1. The van der Waals surface area contributed by atoms with Crippen molar-refractivity contribution in [3.63, 3.8) is 0 Å². The van der Waals surface area contributed by atoms with E-state index in [0.29, 0.717) is 13.0 Å². The topological polar surface area (TPSA) is 121 Å². The van der Waals surface area contributed by atoms with Gasteiger partial charge >= 0.3 is 7.60 Å². The number of hydrogen-bond donors (Lipinski definition) is 3. The van der Waals surface area contributed by atoms with Crippen molar-refractivity contribution in [1.29, 1.82) is 0 Å². The van der Waals surface area contributed by atoms with E-state index in [0.717, 1.165) is 24.2 Å². The molecule has 0 radical (unpaired) electrons. The van der Waals surface area contributed by atoms with E-state index in [1.807, 2.05) is 37.3 Å². The van der Waals surface area contributed by atoms with Crippen molar-refractivity contribution in [2.75, 3.05) is 6.61 Å². The Morgan fingerprint density at radius 1 is 1.35 bits per heavy atom. The number of ether oxygens (including phenoxy) is 1. The minimum absolute atomic E-state index is 0.221. The molecule has 0 saturated heterocycles. The van der Waals surface area contributed by atoms with Crippen LogP contribution in [0.2, 0.25) is 0 Å². The molecule has 0 aliphatic heterocycles. The predicted molar refractivity (Wildman–Crippen MR) is 101 cm³/mol. The minimum Gasteiger partial charge on any atom is -0.489 e. The van der Waals surface area contributed by atoms with Crippen LogP contribution >= 0.6 is 7.60 Å². The molecule has 0 fully saturated rings. The van der Waals surface area contributed by atoms with Crippen molar-refractivity contribution in [2.24, 2.45) is 0 Å². The van der Waals surface area contributed by atoms with E-state index < -0.39 is 22.7 Å². The van der Waals surface area contributed by atoms with Crippen LogP contribution in [-0.4, -0.2) is 34.4 Å². The highest BCUT2D eigenvalue weighted by Crippen LogP contribution is 2.46. The molecule has 0 aliphatic rings. The number of allylic oxidation sites excluding steroid dienone is 1. The van der Waals surface area contributed by atoms with E-state index >= 15 is 0 Å². The molecule has 0 amide bonds. The summed E-state index contributed by atoms with van der Waals surface area (Å²) in [5.74, 6) is 0.775. The summed E-state index contributed by atoms with van der Waals surface area (Å²) in [5.41, 5.74) is 2.13. The Hall–Kier alpha value is -1.18. The largest absolute Gasteiger partial charge is 0.489 e. The molecule has 1 rings (SSSR count). The van der Waals surface area contributed by atoms with Gasteiger partial charge < -0.3 is 14.5 Å². The maximum Gasteiger partial charge on any atom is 0.346 e. The third-order valence-corrected chi connectivity index (χ3v) is 7.33. The molecule has 0 heterocycles. The van der Waals surface area contributed by atoms with Gasteiger partial charge in [0.1, 0.15) is 12.4 Å². The maximum absolute atomic E-state index is 11.2. The first-order valence-electron chi connectivity index (χ1n) is 8.43. The Balaban J connectivity index is 2.49. The van der Waals surface area contributed by atoms with Gasteiger partial charge in [-0.25, -0.2) is 0 Å². The Morgan fingerprint density at radius 2 is 2.04 bits per heavy atom. The van der Waals surface area contributed by atoms with Crippen LogP contribution in [0.15, 0.2) is 35.9 Å². The molecule has 26 heavy (non-hydrogen) atoms. The zero-order valence-electron chi connectivity index (χ0n) is 15.0. The quantitative estimate of drug-likeness (QED) is 0.222. The Kier molecular flexibility index (Phi) is 9.00. The summed E-state index contributed by atoms with van der Waals surface area (Å²) >= 11 is 0. The Bertz CT molecular complexity index is 752. The van der Waals surface area contributed by atoms with E-state index in [4.69, 9.17) is 19.1 Å². The van der Waals surface area contributed by atoms with E-state index in [-0.39, 0.29) is 12.8 Å². The van der Waals surface area contributed by atoms with Crippen LogP contribution in [0.4, 0.5) is 0 Å². The molecule has 1 aromatic carbocycles. The lowest BCUT2D eigenvalue weighted by Gasteiger charge is -2.14. The van der Waals surface area contributed by atoms with Crippen LogP contribution in [0.25, 0.3) is 0 Å². The summed E-state index contributed by atoms with van der Waals surface area (Å²) < 4.78 is 47.9. The zero-order chi connectivity index (χ0) is 19.8. The highest BCUT2D eigenvalue weighted by atomic mass is 32.2. The highest BCUT2D eigenvalue weighted by molar-refractivity contribution is 7.93. The third-order valence-electron chi connectivity index (χ3n) is 3.77. The van der Waals surface area contributed by atoms with Crippen molar-refractivity contribution >= 4 is 17.7 Å². The summed E-state index contributed by atoms with van der Waals surface area (Å²) in [6, 6.07) is 7.86. The molecule has 148 valence electrons. The van der Waals surface area contributed by atoms with Crippen LogP contribution in [0, 0.1) is 0 Å². The molecular formula is C17H27O7PS. The summed E-state index contributed by atoms with van der Waals surface area (Å²) in [6.45, 7) is 4.34. The fourth-order valence-electron chi connectivity index (χ4n) is 2.47. The smallest absolute Gasteiger partial charge is 0.346 e. The average molecular weight is 406 g/mol. The van der Waals surface area contributed by atoms with E-state index in [2.05, 4.69) is 6.92 Å². The SMILES string of the molecule is CCCc1cccc(OC/C(C)=C/CCCC(P(=O)(O)O)S(=O)(=O)O)c1. The van der Waals surface area contributed by atoms with E-state index in [1.165, 1.54) is 5.56 Å². The summed E-state index contributed by atoms with van der Waals surface area (Å²) in [7, 11) is -9.70. The molecule has 9 heteroatoms.